The summed E-state index contributed by atoms with van der Waals surface area (Å²) >= 11 is 5.33. The van der Waals surface area contributed by atoms with Crippen LogP contribution in [-0.2, 0) is 9.47 Å². The zero-order valence-electron chi connectivity index (χ0n) is 30.2. The Labute approximate surface area is 306 Å². The van der Waals surface area contributed by atoms with Gasteiger partial charge in [0.05, 0.1) is 58.5 Å². The number of ether oxygens (including phenoxy) is 2. The minimum Gasteiger partial charge on any atom is -0.443 e. The van der Waals surface area contributed by atoms with Crippen LogP contribution in [0.4, 0.5) is 21.0 Å². The van der Waals surface area contributed by atoms with Gasteiger partial charge in [-0.2, -0.15) is 0 Å². The van der Waals surface area contributed by atoms with Gasteiger partial charge in [-0.1, -0.05) is 23.3 Å². The van der Waals surface area contributed by atoms with Gasteiger partial charge in [0.2, 0.25) is 5.28 Å². The Balaban J connectivity index is 0.000000194. The third-order valence-corrected chi connectivity index (χ3v) is 7.10. The molecule has 0 unspecified atom stereocenters. The normalized spacial score (nSPS) is 11.3. The second-order valence-electron chi connectivity index (χ2n) is 13.9. The molecule has 272 valence electrons. The van der Waals surface area contributed by atoms with Crippen LogP contribution in [-0.4, -0.2) is 69.6 Å². The van der Waals surface area contributed by atoms with Crippen LogP contribution in [0.25, 0.3) is 33.3 Å². The van der Waals surface area contributed by atoms with E-state index in [1.807, 2.05) is 71.0 Å². The van der Waals surface area contributed by atoms with Gasteiger partial charge in [-0.3, -0.25) is 4.57 Å². The van der Waals surface area contributed by atoms with Crippen molar-refractivity contribution in [3.8, 4) is 11.5 Å². The van der Waals surface area contributed by atoms with E-state index in [9.17, 15) is 19.6 Å². The quantitative estimate of drug-likeness (QED) is 0.122. The molecular weight excluding hydrogens is 687 g/mol. The second-order valence-corrected chi connectivity index (χ2v) is 14.2. The standard InChI is InChI=1S/C18H20N4O2.C14H18BNO4.C4H4ClN3/c1-11-5-6-14-12(7-11)8-15(16-20-9-13(19)10-21-16)22(14)17(23)24-18(2,3)4;1-9-5-6-11-10(7-9)8-12(15(18)19)16(11)13(17)20-14(2,3)4;5-4-7-1-3(6)2-8-4/h5-10H,19H2,1-4H3;5-8,18-19H,1-4H3;1-2H,6H2. The number of carbonyl (C=O) groups is 2. The average molecular weight is 729 g/mol. The van der Waals surface area contributed by atoms with E-state index in [-0.39, 0.29) is 10.9 Å². The monoisotopic (exact) mass is 728 g/mol. The third-order valence-electron chi connectivity index (χ3n) is 6.90. The molecular formula is C36H42BClN8O6. The van der Waals surface area contributed by atoms with Crippen molar-refractivity contribution in [3.63, 3.8) is 0 Å². The molecule has 0 aliphatic rings. The number of aryl methyl sites for hydroxylation is 2. The van der Waals surface area contributed by atoms with Gasteiger partial charge in [0.15, 0.2) is 5.82 Å². The van der Waals surface area contributed by atoms with Crippen molar-refractivity contribution in [3.05, 3.63) is 89.7 Å². The van der Waals surface area contributed by atoms with E-state index in [4.69, 9.17) is 32.5 Å². The first-order valence-electron chi connectivity index (χ1n) is 16.1. The van der Waals surface area contributed by atoms with E-state index < -0.39 is 30.5 Å². The molecule has 0 spiro atoms. The molecule has 0 fully saturated rings. The number of anilines is 2. The Morgan fingerprint density at radius 3 is 1.56 bits per heavy atom. The van der Waals surface area contributed by atoms with Crippen molar-refractivity contribution in [1.29, 1.82) is 0 Å². The number of benzene rings is 2. The summed E-state index contributed by atoms with van der Waals surface area (Å²) in [6.45, 7) is 14.7. The van der Waals surface area contributed by atoms with Crippen LogP contribution in [0, 0.1) is 13.8 Å². The molecule has 0 amide bonds. The maximum absolute atomic E-state index is 12.7. The summed E-state index contributed by atoms with van der Waals surface area (Å²) in [6, 6.07) is 14.8. The van der Waals surface area contributed by atoms with Gasteiger partial charge in [0.25, 0.3) is 0 Å². The van der Waals surface area contributed by atoms with Crippen molar-refractivity contribution in [2.75, 3.05) is 11.5 Å². The number of rotatable bonds is 2. The van der Waals surface area contributed by atoms with Crippen molar-refractivity contribution in [2.45, 2.75) is 66.6 Å². The highest BCUT2D eigenvalue weighted by Gasteiger charge is 2.27. The first kappa shape index (κ1) is 39.3. The summed E-state index contributed by atoms with van der Waals surface area (Å²) in [6.07, 6.45) is 4.86. The van der Waals surface area contributed by atoms with Crippen LogP contribution in [0.2, 0.25) is 5.28 Å². The number of carbonyl (C=O) groups excluding carboxylic acids is 2. The number of fused-ring (bicyclic) bond motifs is 2. The second kappa shape index (κ2) is 15.8. The molecule has 6 rings (SSSR count). The summed E-state index contributed by atoms with van der Waals surface area (Å²) in [7, 11) is -1.74. The molecule has 0 atom stereocenters. The number of hydrogen-bond donors (Lipinski definition) is 4. The maximum Gasteiger partial charge on any atom is 0.506 e. The lowest BCUT2D eigenvalue weighted by Crippen LogP contribution is -2.40. The zero-order chi connectivity index (χ0) is 38.5. The smallest absolute Gasteiger partial charge is 0.443 e. The Morgan fingerprint density at radius 2 is 1.12 bits per heavy atom. The summed E-state index contributed by atoms with van der Waals surface area (Å²) in [5.74, 6) is 0.420. The molecule has 0 aliphatic heterocycles. The van der Waals surface area contributed by atoms with Gasteiger partial charge in [0, 0.05) is 10.8 Å². The molecule has 16 heteroatoms. The lowest BCUT2D eigenvalue weighted by molar-refractivity contribution is 0.0536. The molecule has 4 aromatic heterocycles. The lowest BCUT2D eigenvalue weighted by atomic mass is 9.86. The number of nitrogen functional groups attached to an aromatic ring is 2. The molecule has 14 nitrogen and oxygen atoms in total. The Bertz CT molecular complexity index is 2170. The lowest BCUT2D eigenvalue weighted by Gasteiger charge is -2.21. The van der Waals surface area contributed by atoms with Crippen LogP contribution >= 0.6 is 11.6 Å². The third kappa shape index (κ3) is 10.3. The minimum absolute atomic E-state index is 0.0971. The molecule has 0 saturated heterocycles. The number of halogens is 1. The van der Waals surface area contributed by atoms with E-state index in [2.05, 4.69) is 19.9 Å². The highest BCUT2D eigenvalue weighted by molar-refractivity contribution is 6.59. The van der Waals surface area contributed by atoms with E-state index in [0.717, 1.165) is 27.4 Å². The predicted molar refractivity (Wildman–Crippen MR) is 203 cm³/mol. The van der Waals surface area contributed by atoms with Gasteiger partial charge >= 0.3 is 19.3 Å². The molecule has 0 saturated carbocycles. The van der Waals surface area contributed by atoms with Crippen LogP contribution in [0.5, 0.6) is 0 Å². The van der Waals surface area contributed by atoms with Crippen molar-refractivity contribution >= 4 is 69.7 Å². The van der Waals surface area contributed by atoms with Gasteiger partial charge in [0.1, 0.15) is 11.2 Å². The molecule has 0 bridgehead atoms. The fourth-order valence-corrected chi connectivity index (χ4v) is 4.95. The highest BCUT2D eigenvalue weighted by Crippen LogP contribution is 2.28. The average Bonchev–Trinajstić information content (AvgIpc) is 3.60. The largest absolute Gasteiger partial charge is 0.506 e. The first-order valence-corrected chi connectivity index (χ1v) is 16.5. The fraction of sp³-hybridized carbons (Fsp3) is 0.278. The van der Waals surface area contributed by atoms with Crippen LogP contribution in [0.15, 0.2) is 73.3 Å². The van der Waals surface area contributed by atoms with Crippen LogP contribution in [0.3, 0.4) is 0 Å². The van der Waals surface area contributed by atoms with Crippen molar-refractivity contribution in [2.24, 2.45) is 0 Å². The molecule has 6 N–H and O–H groups in total. The predicted octanol–water partition coefficient (Wildman–Crippen LogP) is 5.90. The summed E-state index contributed by atoms with van der Waals surface area (Å²) in [5.41, 5.74) is 14.8. The molecule has 0 radical (unpaired) electrons. The molecule has 2 aromatic carbocycles. The molecule has 4 heterocycles. The number of nitrogens with zero attached hydrogens (tertiary/aromatic N) is 6. The zero-order valence-corrected chi connectivity index (χ0v) is 31.0. The Morgan fingerprint density at radius 1 is 0.692 bits per heavy atom. The highest BCUT2D eigenvalue weighted by atomic mass is 35.5. The summed E-state index contributed by atoms with van der Waals surface area (Å²) in [5, 5.41) is 20.8. The molecule has 0 aliphatic carbocycles. The number of nitrogens with two attached hydrogens (primary N) is 2. The summed E-state index contributed by atoms with van der Waals surface area (Å²) < 4.78 is 13.6. The molecule has 52 heavy (non-hydrogen) atoms. The van der Waals surface area contributed by atoms with E-state index in [1.54, 1.807) is 32.9 Å². The number of aromatic nitrogens is 6. The fourth-order valence-electron chi connectivity index (χ4n) is 4.85. The SMILES string of the molecule is Cc1ccc2c(c1)cc(-c1ncc(N)cn1)n2C(=O)OC(C)(C)C.Cc1ccc2c(c1)cc(B(O)O)n2C(=O)OC(C)(C)C.Nc1cnc(Cl)nc1. The van der Waals surface area contributed by atoms with E-state index in [0.29, 0.717) is 28.4 Å². The first-order chi connectivity index (χ1) is 24.2. The Kier molecular flexibility index (Phi) is 11.9. The Hall–Kier alpha value is -5.51. The van der Waals surface area contributed by atoms with Crippen molar-refractivity contribution < 1.29 is 29.1 Å². The van der Waals surface area contributed by atoms with Gasteiger partial charge in [-0.25, -0.2) is 34.1 Å². The minimum atomic E-state index is -1.74. The topological polar surface area (TPSA) is 207 Å². The van der Waals surface area contributed by atoms with E-state index >= 15 is 0 Å². The van der Waals surface area contributed by atoms with Gasteiger partial charge < -0.3 is 31.0 Å². The van der Waals surface area contributed by atoms with Gasteiger partial charge in [-0.05, 0) is 103 Å². The maximum atomic E-state index is 12.7. The molecule has 6 aromatic rings. The van der Waals surface area contributed by atoms with Gasteiger partial charge in [-0.15, -0.1) is 0 Å². The van der Waals surface area contributed by atoms with Crippen LogP contribution < -0.4 is 17.1 Å². The number of hydrogen-bond acceptors (Lipinski definition) is 12. The van der Waals surface area contributed by atoms with Crippen molar-refractivity contribution in [1.82, 2.24) is 29.1 Å². The summed E-state index contributed by atoms with van der Waals surface area (Å²) in [4.78, 5) is 40.7. The van der Waals surface area contributed by atoms with Crippen LogP contribution in [0.1, 0.15) is 52.7 Å². The van der Waals surface area contributed by atoms with E-state index in [1.165, 1.54) is 33.9 Å².